The van der Waals surface area contributed by atoms with Crippen LogP contribution in [0.25, 0.3) is 0 Å². The molecule has 0 N–H and O–H groups in total. The van der Waals surface area contributed by atoms with Gasteiger partial charge in [-0.2, -0.15) is 0 Å². The average Bonchev–Trinajstić information content (AvgIpc) is 3.16. The summed E-state index contributed by atoms with van der Waals surface area (Å²) < 4.78 is 11.8. The third-order valence-electron chi connectivity index (χ3n) is 12.1. The van der Waals surface area contributed by atoms with Gasteiger partial charge >= 0.3 is 0 Å². The lowest BCUT2D eigenvalue weighted by Gasteiger charge is -2.59. The average molecular weight is 459 g/mol. The van der Waals surface area contributed by atoms with E-state index in [9.17, 15) is 0 Å². The van der Waals surface area contributed by atoms with Crippen LogP contribution in [0, 0.1) is 40.4 Å². The third kappa shape index (κ3) is 4.39. The molecule has 3 saturated carbocycles. The van der Waals surface area contributed by atoms with Crippen molar-refractivity contribution >= 4 is 0 Å². The van der Waals surface area contributed by atoms with Gasteiger partial charge in [-0.25, -0.2) is 0 Å². The van der Waals surface area contributed by atoms with Gasteiger partial charge in [0.2, 0.25) is 0 Å². The molecule has 4 rings (SSSR count). The molecule has 0 aromatic rings. The molecule has 0 amide bonds. The summed E-state index contributed by atoms with van der Waals surface area (Å²) in [6.45, 7) is 14.7. The molecule has 2 nitrogen and oxygen atoms in total. The molecule has 8 atom stereocenters. The van der Waals surface area contributed by atoms with Crippen molar-refractivity contribution in [2.75, 3.05) is 14.2 Å². The molecule has 0 unspecified atom stereocenters. The highest BCUT2D eigenvalue weighted by Gasteiger charge is 2.59. The number of hydrogen-bond donors (Lipinski definition) is 0. The van der Waals surface area contributed by atoms with Crippen LogP contribution in [0.4, 0.5) is 0 Å². The Bertz CT molecular complexity index is 718. The molecule has 0 aromatic carbocycles. The molecule has 0 aliphatic heterocycles. The molecule has 33 heavy (non-hydrogen) atoms. The first-order valence-corrected chi connectivity index (χ1v) is 14.3. The van der Waals surface area contributed by atoms with Gasteiger partial charge in [0.25, 0.3) is 0 Å². The van der Waals surface area contributed by atoms with Crippen molar-refractivity contribution in [1.29, 1.82) is 0 Å². The number of methoxy groups -OCH3 is 2. The fourth-order valence-electron chi connectivity index (χ4n) is 9.45. The van der Waals surface area contributed by atoms with E-state index in [1.807, 2.05) is 14.2 Å². The van der Waals surface area contributed by atoms with Crippen LogP contribution >= 0.6 is 0 Å². The van der Waals surface area contributed by atoms with E-state index in [4.69, 9.17) is 9.47 Å². The zero-order chi connectivity index (χ0) is 24.1. The minimum atomic E-state index is 0.0274. The van der Waals surface area contributed by atoms with E-state index in [0.29, 0.717) is 10.8 Å². The van der Waals surface area contributed by atoms with Crippen LogP contribution < -0.4 is 0 Å². The summed E-state index contributed by atoms with van der Waals surface area (Å²) in [7, 11) is 3.80. The first-order valence-electron chi connectivity index (χ1n) is 14.3. The van der Waals surface area contributed by atoms with Gasteiger partial charge in [-0.15, -0.1) is 0 Å². The summed E-state index contributed by atoms with van der Waals surface area (Å²) >= 11 is 0. The third-order valence-corrected chi connectivity index (χ3v) is 12.1. The van der Waals surface area contributed by atoms with E-state index < -0.39 is 0 Å². The van der Waals surface area contributed by atoms with Crippen molar-refractivity contribution in [2.45, 2.75) is 130 Å². The topological polar surface area (TPSA) is 18.5 Å². The summed E-state index contributed by atoms with van der Waals surface area (Å²) in [5.74, 6) is 4.52. The Kier molecular flexibility index (Phi) is 7.23. The maximum absolute atomic E-state index is 6.10. The van der Waals surface area contributed by atoms with E-state index in [2.05, 4.69) is 47.6 Å². The second-order valence-electron chi connectivity index (χ2n) is 13.7. The monoisotopic (exact) mass is 458 g/mol. The summed E-state index contributed by atoms with van der Waals surface area (Å²) in [4.78, 5) is 0. The van der Waals surface area contributed by atoms with Crippen molar-refractivity contribution in [3.05, 3.63) is 11.6 Å². The van der Waals surface area contributed by atoms with Gasteiger partial charge in [0.1, 0.15) is 0 Å². The SMILES string of the molecule is CC[C@]1(OC)CC[C@@]2(C)C(=CC[C@H]3[C@@H]4CC[C@H]([C@H](C)CCCC(C)(C)OC)[C@@]4(C)CC[C@@H]32)C1. The molecule has 0 aromatic heterocycles. The molecule has 0 spiro atoms. The van der Waals surface area contributed by atoms with Crippen molar-refractivity contribution < 1.29 is 9.47 Å². The smallest absolute Gasteiger partial charge is 0.0713 e. The van der Waals surface area contributed by atoms with E-state index in [0.717, 1.165) is 36.0 Å². The molecular formula is C31H54O2. The van der Waals surface area contributed by atoms with Crippen LogP contribution in [0.2, 0.25) is 0 Å². The van der Waals surface area contributed by atoms with Gasteiger partial charge in [0.05, 0.1) is 11.2 Å². The summed E-state index contributed by atoms with van der Waals surface area (Å²) in [6, 6.07) is 0. The van der Waals surface area contributed by atoms with Gasteiger partial charge < -0.3 is 9.47 Å². The lowest BCUT2D eigenvalue weighted by atomic mass is 9.46. The second-order valence-corrected chi connectivity index (χ2v) is 13.7. The Morgan fingerprint density at radius 3 is 2.48 bits per heavy atom. The lowest BCUT2D eigenvalue weighted by molar-refractivity contribution is -0.0881. The van der Waals surface area contributed by atoms with Crippen LogP contribution in [-0.4, -0.2) is 25.4 Å². The van der Waals surface area contributed by atoms with Gasteiger partial charge in [-0.1, -0.05) is 52.2 Å². The van der Waals surface area contributed by atoms with Gasteiger partial charge in [-0.3, -0.25) is 0 Å². The maximum atomic E-state index is 6.10. The predicted octanol–water partition coefficient (Wildman–Crippen LogP) is 8.59. The highest BCUT2D eigenvalue weighted by Crippen LogP contribution is 2.68. The van der Waals surface area contributed by atoms with Gasteiger partial charge in [-0.05, 0) is 118 Å². The molecule has 4 aliphatic carbocycles. The number of rotatable bonds is 8. The fourth-order valence-corrected chi connectivity index (χ4v) is 9.45. The molecule has 0 heterocycles. The molecular weight excluding hydrogens is 404 g/mol. The highest BCUT2D eigenvalue weighted by atomic mass is 16.5. The van der Waals surface area contributed by atoms with Crippen LogP contribution in [-0.2, 0) is 9.47 Å². The minimum absolute atomic E-state index is 0.0274. The summed E-state index contributed by atoms with van der Waals surface area (Å²) in [5, 5.41) is 0. The zero-order valence-electron chi connectivity index (χ0n) is 23.3. The molecule has 0 saturated heterocycles. The van der Waals surface area contributed by atoms with Crippen molar-refractivity contribution in [3.8, 4) is 0 Å². The van der Waals surface area contributed by atoms with E-state index >= 15 is 0 Å². The Balaban J connectivity index is 1.46. The maximum Gasteiger partial charge on any atom is 0.0713 e. The minimum Gasteiger partial charge on any atom is -0.379 e. The van der Waals surface area contributed by atoms with Crippen LogP contribution in [0.15, 0.2) is 11.6 Å². The first kappa shape index (κ1) is 25.7. The summed E-state index contributed by atoms with van der Waals surface area (Å²) in [5.41, 5.74) is 2.88. The van der Waals surface area contributed by atoms with Crippen LogP contribution in [0.1, 0.15) is 119 Å². The predicted molar refractivity (Wildman–Crippen MR) is 139 cm³/mol. The van der Waals surface area contributed by atoms with Crippen molar-refractivity contribution in [2.24, 2.45) is 40.4 Å². The Labute approximate surface area is 205 Å². The van der Waals surface area contributed by atoms with Gasteiger partial charge in [0.15, 0.2) is 0 Å². The molecule has 4 aliphatic rings. The molecule has 0 bridgehead atoms. The first-order chi connectivity index (χ1) is 15.5. The Morgan fingerprint density at radius 2 is 1.82 bits per heavy atom. The molecule has 190 valence electrons. The van der Waals surface area contributed by atoms with Crippen LogP contribution in [0.3, 0.4) is 0 Å². The molecule has 2 heteroatoms. The van der Waals surface area contributed by atoms with E-state index in [1.54, 1.807) is 5.57 Å². The fraction of sp³-hybridized carbons (Fsp3) is 0.935. The molecule has 3 fully saturated rings. The largest absolute Gasteiger partial charge is 0.379 e. The Morgan fingerprint density at radius 1 is 1.06 bits per heavy atom. The quantitative estimate of drug-likeness (QED) is 0.339. The normalized spacial score (nSPS) is 43.9. The second kappa shape index (κ2) is 9.27. The van der Waals surface area contributed by atoms with Crippen molar-refractivity contribution in [1.82, 2.24) is 0 Å². The summed E-state index contributed by atoms with van der Waals surface area (Å²) in [6.07, 6.45) is 18.7. The van der Waals surface area contributed by atoms with E-state index in [1.165, 1.54) is 70.6 Å². The number of fused-ring (bicyclic) bond motifs is 5. The van der Waals surface area contributed by atoms with Crippen molar-refractivity contribution in [3.63, 3.8) is 0 Å². The lowest BCUT2D eigenvalue weighted by Crippen LogP contribution is -2.52. The number of allylic oxidation sites excluding steroid dienone is 1. The molecule has 0 radical (unpaired) electrons. The Hall–Kier alpha value is -0.340. The zero-order valence-corrected chi connectivity index (χ0v) is 23.3. The van der Waals surface area contributed by atoms with E-state index in [-0.39, 0.29) is 11.2 Å². The highest BCUT2D eigenvalue weighted by molar-refractivity contribution is 5.27. The van der Waals surface area contributed by atoms with Crippen LogP contribution in [0.5, 0.6) is 0 Å². The number of hydrogen-bond acceptors (Lipinski definition) is 2. The number of ether oxygens (including phenoxy) is 2. The van der Waals surface area contributed by atoms with Gasteiger partial charge in [0, 0.05) is 14.2 Å². The standard InChI is InChI=1S/C31H54O2/c1-9-31(33-8)20-19-29(5)23(21-31)12-13-24-26-15-14-25(30(26,6)18-16-27(24)29)22(2)11-10-17-28(3,4)32-7/h12,22,24-27H,9-11,13-21H2,1-8H3/t22-,24+,25-,26+,27+,29+,30-,31+/m1/s1.